The number of guanidine groups is 1. The van der Waals surface area contributed by atoms with E-state index in [0.717, 1.165) is 24.0 Å². The second-order valence-corrected chi connectivity index (χ2v) is 8.08. The van der Waals surface area contributed by atoms with Gasteiger partial charge in [-0.05, 0) is 48.2 Å². The van der Waals surface area contributed by atoms with Crippen LogP contribution in [-0.2, 0) is 16.7 Å². The first-order valence-electron chi connectivity index (χ1n) is 10.5. The second kappa shape index (κ2) is 12.2. The molecular weight excluding hydrogens is 522 g/mol. The fourth-order valence-corrected chi connectivity index (χ4v) is 3.82. The Hall–Kier alpha value is -2.20. The van der Waals surface area contributed by atoms with E-state index in [-0.39, 0.29) is 41.1 Å². The van der Waals surface area contributed by atoms with E-state index in [1.807, 2.05) is 36.4 Å². The molecule has 1 aliphatic rings. The van der Waals surface area contributed by atoms with Gasteiger partial charge in [0.1, 0.15) is 5.82 Å². The molecule has 2 N–H and O–H groups in total. The van der Waals surface area contributed by atoms with Crippen LogP contribution >= 0.6 is 24.0 Å². The Morgan fingerprint density at radius 3 is 2.25 bits per heavy atom. The zero-order valence-electron chi connectivity index (χ0n) is 18.9. The molecule has 0 radical (unpaired) electrons. The van der Waals surface area contributed by atoms with Crippen molar-refractivity contribution in [3.8, 4) is 0 Å². The van der Waals surface area contributed by atoms with Crippen molar-refractivity contribution in [2.24, 2.45) is 4.99 Å². The summed E-state index contributed by atoms with van der Waals surface area (Å²) in [6, 6.07) is 14.3. The van der Waals surface area contributed by atoms with Gasteiger partial charge in [-0.1, -0.05) is 24.3 Å². The maximum absolute atomic E-state index is 13.4. The third kappa shape index (κ3) is 6.65. The number of carbonyl (C=O) groups is 1. The Balaban J connectivity index is 0.00000363. The van der Waals surface area contributed by atoms with Crippen LogP contribution in [0.5, 0.6) is 0 Å². The number of ether oxygens (including phenoxy) is 1. The lowest BCUT2D eigenvalue weighted by molar-refractivity contribution is 0.0513. The van der Waals surface area contributed by atoms with Crippen LogP contribution in [0.3, 0.4) is 0 Å². The first kappa shape index (κ1) is 26.1. The molecule has 0 bridgehead atoms. The summed E-state index contributed by atoms with van der Waals surface area (Å²) >= 11 is 0. The molecule has 1 saturated heterocycles. The third-order valence-electron chi connectivity index (χ3n) is 5.79. The Labute approximate surface area is 206 Å². The van der Waals surface area contributed by atoms with Gasteiger partial charge < -0.3 is 20.3 Å². The van der Waals surface area contributed by atoms with E-state index in [9.17, 15) is 9.18 Å². The maximum Gasteiger partial charge on any atom is 0.253 e. The summed E-state index contributed by atoms with van der Waals surface area (Å²) in [5.41, 5.74) is 2.70. The molecule has 8 heteroatoms. The maximum atomic E-state index is 13.4. The minimum Gasteiger partial charge on any atom is -0.381 e. The summed E-state index contributed by atoms with van der Waals surface area (Å²) in [6.07, 6.45) is 1.73. The van der Waals surface area contributed by atoms with Crippen molar-refractivity contribution in [2.75, 3.05) is 40.9 Å². The van der Waals surface area contributed by atoms with E-state index in [0.29, 0.717) is 37.8 Å². The zero-order chi connectivity index (χ0) is 22.3. The topological polar surface area (TPSA) is 66.0 Å². The number of aliphatic imine (C=N–C) groups is 1. The van der Waals surface area contributed by atoms with E-state index in [1.165, 1.54) is 12.1 Å². The fraction of sp³-hybridized carbons (Fsp3) is 0.417. The molecule has 3 rings (SSSR count). The van der Waals surface area contributed by atoms with Crippen LogP contribution in [0.25, 0.3) is 0 Å². The number of halogens is 2. The summed E-state index contributed by atoms with van der Waals surface area (Å²) < 4.78 is 19.0. The summed E-state index contributed by atoms with van der Waals surface area (Å²) in [7, 11) is 5.22. The number of nitrogens with zero attached hydrogens (tertiary/aromatic N) is 2. The van der Waals surface area contributed by atoms with Gasteiger partial charge in [0.05, 0.1) is 0 Å². The molecule has 0 saturated carbocycles. The quantitative estimate of drug-likeness (QED) is 0.326. The van der Waals surface area contributed by atoms with Gasteiger partial charge in [-0.3, -0.25) is 9.79 Å². The van der Waals surface area contributed by atoms with Crippen LogP contribution in [0.15, 0.2) is 53.5 Å². The van der Waals surface area contributed by atoms with Gasteiger partial charge in [-0.15, -0.1) is 24.0 Å². The standard InChI is InChI=1S/C24H31FN4O2.HI/c1-26-23(27-16-18-4-6-19(7-5-18)22(30)29(2)3)28-17-24(12-14-31-15-13-24)20-8-10-21(25)11-9-20;/h4-11H,12-17H2,1-3H3,(H2,26,27,28);1H. The number of rotatable bonds is 6. The van der Waals surface area contributed by atoms with Gasteiger partial charge in [-0.2, -0.15) is 0 Å². The van der Waals surface area contributed by atoms with Gasteiger partial charge in [0.15, 0.2) is 5.96 Å². The monoisotopic (exact) mass is 554 g/mol. The molecule has 174 valence electrons. The second-order valence-electron chi connectivity index (χ2n) is 8.08. The number of benzene rings is 2. The van der Waals surface area contributed by atoms with E-state index < -0.39 is 0 Å². The average molecular weight is 554 g/mol. The molecule has 0 aliphatic carbocycles. The largest absolute Gasteiger partial charge is 0.381 e. The molecule has 0 spiro atoms. The zero-order valence-corrected chi connectivity index (χ0v) is 21.2. The third-order valence-corrected chi connectivity index (χ3v) is 5.79. The Bertz CT molecular complexity index is 895. The smallest absolute Gasteiger partial charge is 0.253 e. The molecule has 1 amide bonds. The summed E-state index contributed by atoms with van der Waals surface area (Å²) in [4.78, 5) is 17.9. The van der Waals surface area contributed by atoms with Crippen molar-refractivity contribution in [3.63, 3.8) is 0 Å². The van der Waals surface area contributed by atoms with Gasteiger partial charge in [0.2, 0.25) is 0 Å². The Morgan fingerprint density at radius 1 is 1.06 bits per heavy atom. The lowest BCUT2D eigenvalue weighted by atomic mass is 9.74. The van der Waals surface area contributed by atoms with Crippen LogP contribution in [-0.4, -0.2) is 57.7 Å². The summed E-state index contributed by atoms with van der Waals surface area (Å²) in [5.74, 6) is 0.454. The van der Waals surface area contributed by atoms with Gasteiger partial charge in [-0.25, -0.2) is 4.39 Å². The molecule has 0 atom stereocenters. The van der Waals surface area contributed by atoms with Gasteiger partial charge in [0.25, 0.3) is 5.91 Å². The van der Waals surface area contributed by atoms with Crippen LogP contribution in [0, 0.1) is 5.82 Å². The van der Waals surface area contributed by atoms with Crippen molar-refractivity contribution < 1.29 is 13.9 Å². The number of nitrogens with one attached hydrogen (secondary N) is 2. The highest BCUT2D eigenvalue weighted by molar-refractivity contribution is 14.0. The molecule has 1 fully saturated rings. The predicted octanol–water partition coefficient (Wildman–Crippen LogP) is 3.56. The first-order chi connectivity index (χ1) is 14.9. The van der Waals surface area contributed by atoms with E-state index in [2.05, 4.69) is 15.6 Å². The van der Waals surface area contributed by atoms with Crippen molar-refractivity contribution in [2.45, 2.75) is 24.8 Å². The fourth-order valence-electron chi connectivity index (χ4n) is 3.82. The Morgan fingerprint density at radius 2 is 1.69 bits per heavy atom. The molecule has 32 heavy (non-hydrogen) atoms. The van der Waals surface area contributed by atoms with Crippen molar-refractivity contribution >= 4 is 35.8 Å². The number of amides is 1. The lowest BCUT2D eigenvalue weighted by Crippen LogP contribution is -2.47. The molecule has 0 unspecified atom stereocenters. The minimum atomic E-state index is -0.227. The van der Waals surface area contributed by atoms with E-state index in [1.54, 1.807) is 26.0 Å². The summed E-state index contributed by atoms with van der Waals surface area (Å²) in [6.45, 7) is 2.63. The highest BCUT2D eigenvalue weighted by Gasteiger charge is 2.34. The number of carbonyl (C=O) groups excluding carboxylic acids is 1. The van der Waals surface area contributed by atoms with Crippen LogP contribution in [0.4, 0.5) is 4.39 Å². The SMILES string of the molecule is CN=C(NCc1ccc(C(=O)N(C)C)cc1)NCC1(c2ccc(F)cc2)CCOCC1.I. The van der Waals surface area contributed by atoms with Gasteiger partial charge >= 0.3 is 0 Å². The molecule has 2 aromatic carbocycles. The molecule has 0 aromatic heterocycles. The first-order valence-corrected chi connectivity index (χ1v) is 10.5. The number of hydrogen-bond donors (Lipinski definition) is 2. The highest BCUT2D eigenvalue weighted by Crippen LogP contribution is 2.34. The molecular formula is C24H32FIN4O2. The van der Waals surface area contributed by atoms with E-state index in [4.69, 9.17) is 4.74 Å². The lowest BCUT2D eigenvalue weighted by Gasteiger charge is -2.38. The predicted molar refractivity (Wildman–Crippen MR) is 136 cm³/mol. The molecule has 6 nitrogen and oxygen atoms in total. The average Bonchev–Trinajstić information content (AvgIpc) is 2.80. The van der Waals surface area contributed by atoms with Gasteiger partial charge in [0, 0.05) is 58.4 Å². The van der Waals surface area contributed by atoms with E-state index >= 15 is 0 Å². The van der Waals surface area contributed by atoms with Crippen molar-refractivity contribution in [3.05, 3.63) is 71.0 Å². The molecule has 2 aromatic rings. The highest BCUT2D eigenvalue weighted by atomic mass is 127. The summed E-state index contributed by atoms with van der Waals surface area (Å²) in [5, 5.41) is 6.76. The number of hydrogen-bond acceptors (Lipinski definition) is 3. The van der Waals surface area contributed by atoms with Crippen LogP contribution < -0.4 is 10.6 Å². The van der Waals surface area contributed by atoms with Crippen molar-refractivity contribution in [1.29, 1.82) is 0 Å². The molecule has 1 heterocycles. The Kier molecular flexibility index (Phi) is 9.89. The normalized spacial score (nSPS) is 15.4. The van der Waals surface area contributed by atoms with Crippen LogP contribution in [0.1, 0.15) is 34.3 Å². The molecule has 1 aliphatic heterocycles. The van der Waals surface area contributed by atoms with Crippen LogP contribution in [0.2, 0.25) is 0 Å². The van der Waals surface area contributed by atoms with Crippen molar-refractivity contribution in [1.82, 2.24) is 15.5 Å². The minimum absolute atomic E-state index is 0.